The molecule has 0 atom stereocenters. The minimum atomic E-state index is 0.100. The molecule has 170 valence electrons. The van der Waals surface area contributed by atoms with E-state index in [1.165, 1.54) is 16.8 Å². The number of rotatable bonds is 6. The van der Waals surface area contributed by atoms with E-state index in [4.69, 9.17) is 4.42 Å². The van der Waals surface area contributed by atoms with E-state index in [0.717, 1.165) is 68.1 Å². The highest BCUT2D eigenvalue weighted by atomic mass is 16.3. The van der Waals surface area contributed by atoms with E-state index in [1.54, 1.807) is 0 Å². The van der Waals surface area contributed by atoms with E-state index in [1.807, 2.05) is 30.0 Å². The number of anilines is 1. The van der Waals surface area contributed by atoms with Gasteiger partial charge in [0.15, 0.2) is 5.58 Å². The lowest BCUT2D eigenvalue weighted by Crippen LogP contribution is -2.49. The molecule has 2 aromatic carbocycles. The predicted octanol–water partition coefficient (Wildman–Crippen LogP) is 5.45. The Morgan fingerprint density at radius 1 is 0.909 bits per heavy atom. The smallest absolute Gasteiger partial charge is 0.270 e. The van der Waals surface area contributed by atoms with Crippen LogP contribution in [0.2, 0.25) is 0 Å². The molecular formula is C28H31N3O2. The molecule has 0 spiro atoms. The van der Waals surface area contributed by atoms with Crippen LogP contribution >= 0.6 is 0 Å². The minimum Gasteiger partial charge on any atom is -0.460 e. The molecule has 3 heterocycles. The number of carbonyl (C=O) groups is 1. The fourth-order valence-electron chi connectivity index (χ4n) is 4.90. The monoisotopic (exact) mass is 441 g/mol. The highest BCUT2D eigenvalue weighted by Crippen LogP contribution is 2.27. The third-order valence-corrected chi connectivity index (χ3v) is 6.64. The first-order valence-electron chi connectivity index (χ1n) is 11.8. The van der Waals surface area contributed by atoms with Crippen LogP contribution in [0.3, 0.4) is 0 Å². The summed E-state index contributed by atoms with van der Waals surface area (Å²) in [5.74, 6) is 0.978. The van der Waals surface area contributed by atoms with Crippen LogP contribution in [0.4, 0.5) is 5.69 Å². The number of amides is 1. The van der Waals surface area contributed by atoms with Crippen molar-refractivity contribution in [2.45, 2.75) is 33.2 Å². The van der Waals surface area contributed by atoms with Gasteiger partial charge in [0.05, 0.1) is 5.52 Å². The molecule has 1 saturated heterocycles. The number of aromatic nitrogens is 1. The predicted molar refractivity (Wildman–Crippen MR) is 133 cm³/mol. The molecule has 0 N–H and O–H groups in total. The van der Waals surface area contributed by atoms with Crippen LogP contribution in [0.15, 0.2) is 71.1 Å². The van der Waals surface area contributed by atoms with Crippen molar-refractivity contribution >= 4 is 22.7 Å². The summed E-state index contributed by atoms with van der Waals surface area (Å²) in [5.41, 5.74) is 6.42. The molecule has 1 aliphatic rings. The highest BCUT2D eigenvalue weighted by Gasteiger charge is 2.26. The van der Waals surface area contributed by atoms with Gasteiger partial charge in [-0.3, -0.25) is 4.79 Å². The van der Waals surface area contributed by atoms with Gasteiger partial charge in [-0.25, -0.2) is 0 Å². The minimum absolute atomic E-state index is 0.100. The number of piperazine rings is 1. The SMILES string of the molecule is Cc1cc2c(cc(C(=O)N3CCN(c4ccccc4C)CC3)n2CCCc2ccccc2)o1. The van der Waals surface area contributed by atoms with E-state index in [0.29, 0.717) is 0 Å². The number of benzene rings is 2. The van der Waals surface area contributed by atoms with Crippen LogP contribution in [-0.4, -0.2) is 41.6 Å². The van der Waals surface area contributed by atoms with Crippen LogP contribution in [0.5, 0.6) is 0 Å². The van der Waals surface area contributed by atoms with Gasteiger partial charge in [-0.15, -0.1) is 0 Å². The van der Waals surface area contributed by atoms with Gasteiger partial charge in [-0.1, -0.05) is 48.5 Å². The van der Waals surface area contributed by atoms with Gasteiger partial charge >= 0.3 is 0 Å². The van der Waals surface area contributed by atoms with Crippen molar-refractivity contribution in [2.75, 3.05) is 31.1 Å². The van der Waals surface area contributed by atoms with Gasteiger partial charge in [0.25, 0.3) is 5.91 Å². The van der Waals surface area contributed by atoms with Crippen molar-refractivity contribution in [3.8, 4) is 0 Å². The molecule has 0 radical (unpaired) electrons. The van der Waals surface area contributed by atoms with E-state index in [-0.39, 0.29) is 5.91 Å². The van der Waals surface area contributed by atoms with Crippen molar-refractivity contribution in [3.63, 3.8) is 0 Å². The first-order chi connectivity index (χ1) is 16.1. The summed E-state index contributed by atoms with van der Waals surface area (Å²) in [5, 5.41) is 0. The second kappa shape index (κ2) is 9.18. The van der Waals surface area contributed by atoms with E-state index in [2.05, 4.69) is 64.9 Å². The van der Waals surface area contributed by atoms with Crippen molar-refractivity contribution in [1.29, 1.82) is 0 Å². The number of furan rings is 1. The Balaban J connectivity index is 1.31. The van der Waals surface area contributed by atoms with Gasteiger partial charge in [0.2, 0.25) is 0 Å². The third kappa shape index (κ3) is 4.40. The van der Waals surface area contributed by atoms with Crippen LogP contribution in [-0.2, 0) is 13.0 Å². The molecule has 5 nitrogen and oxygen atoms in total. The zero-order valence-corrected chi connectivity index (χ0v) is 19.5. The Kier molecular flexibility index (Phi) is 5.95. The number of hydrogen-bond acceptors (Lipinski definition) is 3. The number of nitrogens with zero attached hydrogens (tertiary/aromatic N) is 3. The summed E-state index contributed by atoms with van der Waals surface area (Å²) >= 11 is 0. The fraction of sp³-hybridized carbons (Fsp3) is 0.321. The Hall–Kier alpha value is -3.47. The Morgan fingerprint density at radius 2 is 1.64 bits per heavy atom. The van der Waals surface area contributed by atoms with E-state index in [9.17, 15) is 4.79 Å². The average molecular weight is 442 g/mol. The van der Waals surface area contributed by atoms with Crippen molar-refractivity contribution < 1.29 is 9.21 Å². The summed E-state index contributed by atoms with van der Waals surface area (Å²) in [6.45, 7) is 8.04. The Morgan fingerprint density at radius 3 is 2.39 bits per heavy atom. The summed E-state index contributed by atoms with van der Waals surface area (Å²) in [6, 6.07) is 23.0. The van der Waals surface area contributed by atoms with Crippen LogP contribution in [0.1, 0.15) is 33.8 Å². The molecule has 5 rings (SSSR count). The van der Waals surface area contributed by atoms with Crippen LogP contribution in [0, 0.1) is 13.8 Å². The molecule has 1 amide bonds. The largest absolute Gasteiger partial charge is 0.460 e. The van der Waals surface area contributed by atoms with Crippen LogP contribution < -0.4 is 4.90 Å². The standard InChI is InChI=1S/C28H31N3O2/c1-21-9-6-7-13-24(21)29-15-17-30(18-16-29)28(32)26-20-27-25(19-22(2)33-27)31(26)14-8-12-23-10-4-3-5-11-23/h3-7,9-11,13,19-20H,8,12,14-18H2,1-2H3. The summed E-state index contributed by atoms with van der Waals surface area (Å²) in [4.78, 5) is 17.9. The maximum absolute atomic E-state index is 13.6. The maximum Gasteiger partial charge on any atom is 0.270 e. The fourth-order valence-corrected chi connectivity index (χ4v) is 4.90. The maximum atomic E-state index is 13.6. The Bertz CT molecular complexity index is 1250. The first-order valence-corrected chi connectivity index (χ1v) is 11.8. The van der Waals surface area contributed by atoms with Crippen molar-refractivity contribution in [3.05, 3.63) is 89.3 Å². The zero-order chi connectivity index (χ0) is 22.8. The number of fused-ring (bicyclic) bond motifs is 1. The summed E-state index contributed by atoms with van der Waals surface area (Å²) in [7, 11) is 0. The number of hydrogen-bond donors (Lipinski definition) is 0. The number of carbonyl (C=O) groups excluding carboxylic acids is 1. The molecule has 33 heavy (non-hydrogen) atoms. The number of para-hydroxylation sites is 1. The van der Waals surface area contributed by atoms with Crippen LogP contribution in [0.25, 0.3) is 11.1 Å². The molecule has 1 aliphatic heterocycles. The topological polar surface area (TPSA) is 41.6 Å². The third-order valence-electron chi connectivity index (χ3n) is 6.64. The average Bonchev–Trinajstić information content (AvgIpc) is 3.36. The molecule has 2 aromatic heterocycles. The lowest BCUT2D eigenvalue weighted by Gasteiger charge is -2.37. The van der Waals surface area contributed by atoms with Crippen molar-refractivity contribution in [1.82, 2.24) is 9.47 Å². The molecule has 0 saturated carbocycles. The first kappa shape index (κ1) is 21.4. The normalized spacial score (nSPS) is 14.2. The lowest BCUT2D eigenvalue weighted by atomic mass is 10.1. The summed E-state index contributed by atoms with van der Waals surface area (Å²) < 4.78 is 8.04. The van der Waals surface area contributed by atoms with E-state index >= 15 is 0 Å². The second-order valence-corrected chi connectivity index (χ2v) is 8.94. The van der Waals surface area contributed by atoms with Gasteiger partial charge in [0, 0.05) is 50.5 Å². The quantitative estimate of drug-likeness (QED) is 0.400. The molecule has 0 bridgehead atoms. The molecular weight excluding hydrogens is 410 g/mol. The summed E-state index contributed by atoms with van der Waals surface area (Å²) in [6.07, 6.45) is 1.96. The Labute approximate surface area is 195 Å². The molecule has 4 aromatic rings. The van der Waals surface area contributed by atoms with Gasteiger partial charge in [0.1, 0.15) is 11.5 Å². The molecule has 0 unspecified atom stereocenters. The zero-order valence-electron chi connectivity index (χ0n) is 19.5. The number of aryl methyl sites for hydroxylation is 4. The van der Waals surface area contributed by atoms with Gasteiger partial charge in [-0.05, 0) is 43.9 Å². The van der Waals surface area contributed by atoms with Gasteiger partial charge < -0.3 is 18.8 Å². The molecule has 1 fully saturated rings. The van der Waals surface area contributed by atoms with E-state index < -0.39 is 0 Å². The molecule has 5 heteroatoms. The molecule has 0 aliphatic carbocycles. The highest BCUT2D eigenvalue weighted by molar-refractivity contribution is 5.97. The lowest BCUT2D eigenvalue weighted by molar-refractivity contribution is 0.0736. The van der Waals surface area contributed by atoms with Gasteiger partial charge in [-0.2, -0.15) is 0 Å². The van der Waals surface area contributed by atoms with Crippen molar-refractivity contribution in [2.24, 2.45) is 0 Å². The second-order valence-electron chi connectivity index (χ2n) is 8.94.